The summed E-state index contributed by atoms with van der Waals surface area (Å²) in [5, 5.41) is 7.16. The van der Waals surface area contributed by atoms with Crippen LogP contribution in [-0.2, 0) is 0 Å². The van der Waals surface area contributed by atoms with Crippen molar-refractivity contribution >= 4 is 29.0 Å². The molecule has 2 fully saturated rings. The molecule has 2 saturated heterocycles. The minimum atomic E-state index is 0.0550. The first-order chi connectivity index (χ1) is 18.7. The molecule has 38 heavy (non-hydrogen) atoms. The van der Waals surface area contributed by atoms with Crippen molar-refractivity contribution < 1.29 is 4.74 Å². The number of anilines is 3. The molecule has 0 spiro atoms. The molecule has 2 unspecified atom stereocenters. The first-order valence-electron chi connectivity index (χ1n) is 14.0. The number of ether oxygens (including phenoxy) is 1. The summed E-state index contributed by atoms with van der Waals surface area (Å²) in [6.07, 6.45) is 9.49. The van der Waals surface area contributed by atoms with Gasteiger partial charge in [0.05, 0.1) is 18.9 Å². The standard InChI is InChI=1S/C32H37N5O/c1-24-29(19-12-25-10-15-27(16-11-25)35-20-3-4-21-35)34-37(30-8-7-9-31(33-30)38-2)32(24)26-13-17-28(18-14-26)36-22-5-6-23-36/h7-19,24,32H,3-6,20-23H2,1-2H3. The van der Waals surface area contributed by atoms with Crippen LogP contribution in [0.25, 0.3) is 6.08 Å². The molecular weight excluding hydrogens is 470 g/mol. The molecule has 2 atom stereocenters. The fourth-order valence-electron chi connectivity index (χ4n) is 5.92. The summed E-state index contributed by atoms with van der Waals surface area (Å²) < 4.78 is 5.42. The van der Waals surface area contributed by atoms with E-state index >= 15 is 0 Å². The van der Waals surface area contributed by atoms with Gasteiger partial charge in [-0.15, -0.1) is 0 Å². The highest BCUT2D eigenvalue weighted by molar-refractivity contribution is 6.02. The van der Waals surface area contributed by atoms with Crippen LogP contribution in [0.1, 0.15) is 49.8 Å². The first kappa shape index (κ1) is 24.5. The topological polar surface area (TPSA) is 44.2 Å². The van der Waals surface area contributed by atoms with Crippen LogP contribution in [0.3, 0.4) is 0 Å². The second kappa shape index (κ2) is 10.9. The Labute approximate surface area is 226 Å². The monoisotopic (exact) mass is 507 g/mol. The van der Waals surface area contributed by atoms with Crippen LogP contribution in [0.5, 0.6) is 5.88 Å². The molecule has 3 aliphatic rings. The van der Waals surface area contributed by atoms with E-state index < -0.39 is 0 Å². The Morgan fingerprint density at radius 3 is 1.97 bits per heavy atom. The second-order valence-electron chi connectivity index (χ2n) is 10.5. The molecule has 0 radical (unpaired) electrons. The molecule has 6 rings (SSSR count). The lowest BCUT2D eigenvalue weighted by molar-refractivity contribution is 0.397. The predicted octanol–water partition coefficient (Wildman–Crippen LogP) is 6.56. The van der Waals surface area contributed by atoms with Gasteiger partial charge in [0.1, 0.15) is 0 Å². The molecule has 1 aromatic heterocycles. The average Bonchev–Trinajstić information content (AvgIpc) is 3.75. The van der Waals surface area contributed by atoms with E-state index in [1.165, 1.54) is 48.2 Å². The number of hydrazone groups is 1. The predicted molar refractivity (Wildman–Crippen MR) is 157 cm³/mol. The van der Waals surface area contributed by atoms with Gasteiger partial charge < -0.3 is 14.5 Å². The lowest BCUT2D eigenvalue weighted by Gasteiger charge is -2.27. The summed E-state index contributed by atoms with van der Waals surface area (Å²) in [7, 11) is 1.65. The molecule has 3 aliphatic heterocycles. The third kappa shape index (κ3) is 5.00. The van der Waals surface area contributed by atoms with Gasteiger partial charge in [-0.3, -0.25) is 0 Å². The fraction of sp³-hybridized carbons (Fsp3) is 0.375. The van der Waals surface area contributed by atoms with Crippen molar-refractivity contribution in [2.24, 2.45) is 11.0 Å². The van der Waals surface area contributed by atoms with Gasteiger partial charge in [0.15, 0.2) is 5.82 Å². The van der Waals surface area contributed by atoms with Crippen LogP contribution in [-0.4, -0.2) is 44.0 Å². The van der Waals surface area contributed by atoms with Gasteiger partial charge in [-0.05, 0) is 73.2 Å². The smallest absolute Gasteiger partial charge is 0.214 e. The highest BCUT2D eigenvalue weighted by Crippen LogP contribution is 2.40. The summed E-state index contributed by atoms with van der Waals surface area (Å²) in [6, 6.07) is 23.9. The average molecular weight is 508 g/mol. The largest absolute Gasteiger partial charge is 0.481 e. The Morgan fingerprint density at radius 2 is 1.37 bits per heavy atom. The van der Waals surface area contributed by atoms with E-state index in [2.05, 4.69) is 82.4 Å². The minimum absolute atomic E-state index is 0.0550. The van der Waals surface area contributed by atoms with Crippen molar-refractivity contribution in [3.05, 3.63) is 83.9 Å². The number of rotatable bonds is 7. The third-order valence-corrected chi connectivity index (χ3v) is 8.10. The molecule has 4 heterocycles. The van der Waals surface area contributed by atoms with Gasteiger partial charge in [-0.2, -0.15) is 10.1 Å². The number of methoxy groups -OCH3 is 1. The molecule has 0 N–H and O–H groups in total. The maximum absolute atomic E-state index is 5.42. The van der Waals surface area contributed by atoms with Crippen molar-refractivity contribution in [3.8, 4) is 5.88 Å². The number of aromatic nitrogens is 1. The molecule has 3 aromatic rings. The van der Waals surface area contributed by atoms with Gasteiger partial charge in [0.25, 0.3) is 0 Å². The molecule has 6 heteroatoms. The van der Waals surface area contributed by atoms with Crippen molar-refractivity contribution in [2.75, 3.05) is 48.1 Å². The lowest BCUT2D eigenvalue weighted by atomic mass is 9.91. The van der Waals surface area contributed by atoms with Crippen molar-refractivity contribution in [2.45, 2.75) is 38.6 Å². The van der Waals surface area contributed by atoms with Crippen LogP contribution in [0, 0.1) is 5.92 Å². The summed E-state index contributed by atoms with van der Waals surface area (Å²) in [6.45, 7) is 6.89. The van der Waals surface area contributed by atoms with Gasteiger partial charge in [0, 0.05) is 49.5 Å². The zero-order valence-electron chi connectivity index (χ0n) is 22.5. The van der Waals surface area contributed by atoms with E-state index in [1.807, 2.05) is 18.2 Å². The second-order valence-corrected chi connectivity index (χ2v) is 10.5. The number of nitrogens with zero attached hydrogens (tertiary/aromatic N) is 5. The molecule has 0 bridgehead atoms. The molecule has 0 aliphatic carbocycles. The fourth-order valence-corrected chi connectivity index (χ4v) is 5.92. The highest BCUT2D eigenvalue weighted by Gasteiger charge is 2.36. The Balaban J connectivity index is 1.27. The lowest BCUT2D eigenvalue weighted by Crippen LogP contribution is -2.24. The normalized spacial score (nSPS) is 21.5. The highest BCUT2D eigenvalue weighted by atomic mass is 16.5. The van der Waals surface area contributed by atoms with Crippen LogP contribution < -0.4 is 19.5 Å². The third-order valence-electron chi connectivity index (χ3n) is 8.10. The summed E-state index contributed by atoms with van der Waals surface area (Å²) in [5.41, 5.74) is 6.10. The van der Waals surface area contributed by atoms with Gasteiger partial charge >= 0.3 is 0 Å². The Bertz CT molecular complexity index is 1290. The van der Waals surface area contributed by atoms with Gasteiger partial charge in [-0.25, -0.2) is 5.01 Å². The number of hydrogen-bond donors (Lipinski definition) is 0. The molecular formula is C32H37N5O. The van der Waals surface area contributed by atoms with Gasteiger partial charge in [-0.1, -0.05) is 43.3 Å². The van der Waals surface area contributed by atoms with Crippen molar-refractivity contribution in [1.82, 2.24) is 4.98 Å². The number of pyridine rings is 1. The van der Waals surface area contributed by atoms with E-state index in [4.69, 9.17) is 14.8 Å². The van der Waals surface area contributed by atoms with Crippen LogP contribution in [0.15, 0.2) is 77.9 Å². The van der Waals surface area contributed by atoms with E-state index in [0.29, 0.717) is 5.88 Å². The SMILES string of the molecule is COc1cccc(N2N=C(C=Cc3ccc(N4CCCC4)cc3)C(C)C2c2ccc(N3CCCC3)cc2)n1. The summed E-state index contributed by atoms with van der Waals surface area (Å²) >= 11 is 0. The summed E-state index contributed by atoms with van der Waals surface area (Å²) in [5.74, 6) is 1.58. The molecule has 0 saturated carbocycles. The molecule has 2 aromatic carbocycles. The molecule has 6 nitrogen and oxygen atoms in total. The van der Waals surface area contributed by atoms with E-state index in [9.17, 15) is 0 Å². The van der Waals surface area contributed by atoms with E-state index in [1.54, 1.807) is 7.11 Å². The van der Waals surface area contributed by atoms with Crippen LogP contribution >= 0.6 is 0 Å². The van der Waals surface area contributed by atoms with E-state index in [0.717, 1.165) is 37.7 Å². The number of allylic oxidation sites excluding steroid dienone is 1. The van der Waals surface area contributed by atoms with Gasteiger partial charge in [0.2, 0.25) is 5.88 Å². The maximum Gasteiger partial charge on any atom is 0.214 e. The Hall–Kier alpha value is -3.80. The Kier molecular flexibility index (Phi) is 7.04. The zero-order chi connectivity index (χ0) is 25.9. The molecule has 196 valence electrons. The van der Waals surface area contributed by atoms with Crippen LogP contribution in [0.2, 0.25) is 0 Å². The zero-order valence-corrected chi connectivity index (χ0v) is 22.5. The van der Waals surface area contributed by atoms with E-state index in [-0.39, 0.29) is 12.0 Å². The Morgan fingerprint density at radius 1 is 0.763 bits per heavy atom. The first-order valence-corrected chi connectivity index (χ1v) is 14.0. The number of benzene rings is 2. The maximum atomic E-state index is 5.42. The minimum Gasteiger partial charge on any atom is -0.481 e. The quantitative estimate of drug-likeness (QED) is 0.362. The van der Waals surface area contributed by atoms with Crippen LogP contribution in [0.4, 0.5) is 17.2 Å². The summed E-state index contributed by atoms with van der Waals surface area (Å²) in [4.78, 5) is 9.67. The van der Waals surface area contributed by atoms with Crippen molar-refractivity contribution in [3.63, 3.8) is 0 Å². The van der Waals surface area contributed by atoms with Crippen molar-refractivity contribution in [1.29, 1.82) is 0 Å². The molecule has 0 amide bonds. The number of hydrogen-bond acceptors (Lipinski definition) is 6.